The summed E-state index contributed by atoms with van der Waals surface area (Å²) in [7, 11) is 0.965. The van der Waals surface area contributed by atoms with E-state index in [0.29, 0.717) is 4.90 Å². The zero-order valence-corrected chi connectivity index (χ0v) is 21.1. The van der Waals surface area contributed by atoms with Crippen molar-refractivity contribution in [3.8, 4) is 0 Å². The van der Waals surface area contributed by atoms with Crippen molar-refractivity contribution in [2.75, 3.05) is 7.05 Å². The molecule has 2 aromatic rings. The lowest BCUT2D eigenvalue weighted by molar-refractivity contribution is -0.275. The van der Waals surface area contributed by atoms with Crippen molar-refractivity contribution in [1.29, 1.82) is 0 Å². The molecule has 1 atom stereocenters. The number of hydrogen-bond donors (Lipinski definition) is 0. The van der Waals surface area contributed by atoms with E-state index in [2.05, 4.69) is 9.89 Å². The number of aryl methyl sites for hydroxylation is 1. The number of hydrogen-bond acceptors (Lipinski definition) is 5. The maximum atomic E-state index is 14.2. The molecular formula is C24H18Cl2F6N2O4. The second-order valence-corrected chi connectivity index (χ2v) is 9.92. The monoisotopic (exact) mass is 582 g/mol. The molecule has 0 bridgehead atoms. The van der Waals surface area contributed by atoms with Crippen LogP contribution in [0.3, 0.4) is 0 Å². The minimum atomic E-state index is -4.91. The normalized spacial score (nSPS) is 20.4. The van der Waals surface area contributed by atoms with Crippen molar-refractivity contribution in [2.45, 2.75) is 49.7 Å². The third-order valence-corrected chi connectivity index (χ3v) is 6.82. The topological polar surface area (TPSA) is 68.2 Å². The lowest BCUT2D eigenvalue weighted by Crippen LogP contribution is -2.42. The number of halogens is 8. The predicted octanol–water partition coefficient (Wildman–Crippen LogP) is 7.19. The summed E-state index contributed by atoms with van der Waals surface area (Å²) in [5.74, 6) is -0.958. The molecule has 0 radical (unpaired) electrons. The van der Waals surface area contributed by atoms with Crippen molar-refractivity contribution >= 4 is 40.9 Å². The lowest BCUT2D eigenvalue weighted by Gasteiger charge is -2.29. The third-order valence-electron chi connectivity index (χ3n) is 6.39. The molecular weight excluding hydrogens is 565 g/mol. The van der Waals surface area contributed by atoms with E-state index in [9.17, 15) is 35.9 Å². The molecule has 1 saturated carbocycles. The van der Waals surface area contributed by atoms with Crippen molar-refractivity contribution in [3.05, 3.63) is 68.7 Å². The van der Waals surface area contributed by atoms with Crippen LogP contribution in [0.15, 0.2) is 41.6 Å². The molecule has 1 heterocycles. The van der Waals surface area contributed by atoms with E-state index in [-0.39, 0.29) is 38.0 Å². The number of rotatable bonds is 4. The second kappa shape index (κ2) is 9.33. The van der Waals surface area contributed by atoms with Crippen LogP contribution in [0.5, 0.6) is 0 Å². The first kappa shape index (κ1) is 28.0. The van der Waals surface area contributed by atoms with E-state index in [1.165, 1.54) is 31.2 Å². The first-order valence-electron chi connectivity index (χ1n) is 11.0. The first-order valence-corrected chi connectivity index (χ1v) is 11.7. The largest absolute Gasteiger partial charge is 0.435 e. The molecule has 4 rings (SSSR count). The minimum absolute atomic E-state index is 0.0302. The zero-order valence-electron chi connectivity index (χ0n) is 19.6. The molecule has 0 spiro atoms. The van der Waals surface area contributed by atoms with Gasteiger partial charge in [0.05, 0.1) is 5.71 Å². The number of benzene rings is 2. The summed E-state index contributed by atoms with van der Waals surface area (Å²) in [6.45, 7) is 1.44. The summed E-state index contributed by atoms with van der Waals surface area (Å²) in [5.41, 5.74) is -5.56. The van der Waals surface area contributed by atoms with Gasteiger partial charge in [-0.3, -0.25) is 4.79 Å². The van der Waals surface area contributed by atoms with Crippen LogP contribution in [0, 0.1) is 6.92 Å². The van der Waals surface area contributed by atoms with Gasteiger partial charge in [0.25, 0.3) is 11.5 Å². The number of oxime groups is 1. The van der Waals surface area contributed by atoms with Crippen LogP contribution in [0.2, 0.25) is 10.0 Å². The number of carbonyl (C=O) groups is 2. The number of amides is 2. The van der Waals surface area contributed by atoms with Crippen molar-refractivity contribution in [1.82, 2.24) is 4.90 Å². The van der Waals surface area contributed by atoms with Crippen LogP contribution >= 0.6 is 23.2 Å². The van der Waals surface area contributed by atoms with Gasteiger partial charge in [-0.05, 0) is 48.4 Å². The van der Waals surface area contributed by atoms with Crippen molar-refractivity contribution < 1.29 is 45.5 Å². The number of carbonyl (C=O) groups excluding carboxylic acids is 2. The van der Waals surface area contributed by atoms with E-state index in [1.807, 2.05) is 0 Å². The van der Waals surface area contributed by atoms with Gasteiger partial charge in [-0.2, -0.15) is 26.3 Å². The van der Waals surface area contributed by atoms with Crippen LogP contribution in [0.4, 0.5) is 31.1 Å². The highest BCUT2D eigenvalue weighted by atomic mass is 35.5. The van der Waals surface area contributed by atoms with Crippen LogP contribution < -0.4 is 0 Å². The van der Waals surface area contributed by atoms with Crippen molar-refractivity contribution in [2.24, 2.45) is 5.16 Å². The molecule has 38 heavy (non-hydrogen) atoms. The predicted molar refractivity (Wildman–Crippen MR) is 124 cm³/mol. The molecule has 0 aromatic heterocycles. The standard InChI is InChI=1S/C24H18Cl2F6N2O4/c1-12-7-13(3-4-17(12)19(35)34(2)20(36)37-21(5-6-21)23(27,28)29)18-11-22(38-33-18,24(30,31)32)14-8-15(25)10-16(26)9-14/h3-4,7-10H,5-6,11H2,1-2H3. The van der Waals surface area contributed by atoms with Gasteiger partial charge in [-0.1, -0.05) is 34.4 Å². The highest BCUT2D eigenvalue weighted by Gasteiger charge is 2.67. The van der Waals surface area contributed by atoms with Gasteiger partial charge < -0.3 is 9.57 Å². The molecule has 0 N–H and O–H groups in total. The Bertz CT molecular complexity index is 1320. The molecule has 1 aliphatic heterocycles. The smallest absolute Gasteiger partial charge is 0.433 e. The van der Waals surface area contributed by atoms with Gasteiger partial charge in [0.15, 0.2) is 0 Å². The van der Waals surface area contributed by atoms with E-state index < -0.39 is 54.8 Å². The molecule has 1 aliphatic carbocycles. The molecule has 204 valence electrons. The summed E-state index contributed by atoms with van der Waals surface area (Å²) in [6, 6.07) is 7.28. The molecule has 14 heteroatoms. The van der Waals surface area contributed by atoms with Crippen LogP contribution in [0.25, 0.3) is 0 Å². The van der Waals surface area contributed by atoms with E-state index in [4.69, 9.17) is 28.0 Å². The van der Waals surface area contributed by atoms with Gasteiger partial charge in [0.2, 0.25) is 5.60 Å². The Hall–Kier alpha value is -2.99. The Morgan fingerprint density at radius 1 is 1.00 bits per heavy atom. The third kappa shape index (κ3) is 4.91. The summed E-state index contributed by atoms with van der Waals surface area (Å²) in [6.07, 6.45) is -12.7. The average molecular weight is 583 g/mol. The Balaban J connectivity index is 1.55. The molecule has 0 saturated heterocycles. The molecule has 2 amide bonds. The highest BCUT2D eigenvalue weighted by Crippen LogP contribution is 2.52. The van der Waals surface area contributed by atoms with Gasteiger partial charge in [0, 0.05) is 47.5 Å². The van der Waals surface area contributed by atoms with Crippen LogP contribution in [-0.4, -0.2) is 47.6 Å². The number of imide groups is 1. The fourth-order valence-electron chi connectivity index (χ4n) is 3.98. The number of alkyl halides is 6. The number of nitrogens with zero attached hydrogens (tertiary/aromatic N) is 2. The molecule has 2 aliphatic rings. The summed E-state index contributed by atoms with van der Waals surface area (Å²) >= 11 is 11.8. The van der Waals surface area contributed by atoms with Crippen molar-refractivity contribution in [3.63, 3.8) is 0 Å². The Morgan fingerprint density at radius 3 is 2.11 bits per heavy atom. The van der Waals surface area contributed by atoms with E-state index >= 15 is 0 Å². The fourth-order valence-corrected chi connectivity index (χ4v) is 4.51. The number of ether oxygens (including phenoxy) is 1. The van der Waals surface area contributed by atoms with Gasteiger partial charge >= 0.3 is 18.4 Å². The Morgan fingerprint density at radius 2 is 1.61 bits per heavy atom. The second-order valence-electron chi connectivity index (χ2n) is 9.04. The lowest BCUT2D eigenvalue weighted by atomic mass is 9.86. The maximum absolute atomic E-state index is 14.2. The molecule has 1 unspecified atom stereocenters. The molecule has 2 aromatic carbocycles. The van der Waals surface area contributed by atoms with Gasteiger partial charge in [-0.15, -0.1) is 0 Å². The van der Waals surface area contributed by atoms with E-state index in [0.717, 1.165) is 19.2 Å². The first-order chi connectivity index (χ1) is 17.5. The summed E-state index contributed by atoms with van der Waals surface area (Å²) in [5, 5.41) is 3.58. The van der Waals surface area contributed by atoms with Crippen LogP contribution in [0.1, 0.15) is 46.3 Å². The van der Waals surface area contributed by atoms with E-state index in [1.54, 1.807) is 0 Å². The fraction of sp³-hybridized carbons (Fsp3) is 0.375. The summed E-state index contributed by atoms with van der Waals surface area (Å²) in [4.78, 5) is 30.4. The Labute approximate surface area is 222 Å². The van der Waals surface area contributed by atoms with Gasteiger partial charge in [-0.25, -0.2) is 9.69 Å². The highest BCUT2D eigenvalue weighted by molar-refractivity contribution is 6.34. The minimum Gasteiger partial charge on any atom is -0.433 e. The molecule has 6 nitrogen and oxygen atoms in total. The summed E-state index contributed by atoms with van der Waals surface area (Å²) < 4.78 is 86.5. The Kier molecular flexibility index (Phi) is 6.89. The van der Waals surface area contributed by atoms with Gasteiger partial charge in [0.1, 0.15) is 0 Å². The maximum Gasteiger partial charge on any atom is 0.435 e. The zero-order chi connectivity index (χ0) is 28.3. The molecule has 1 fully saturated rings. The van der Waals surface area contributed by atoms with Crippen LogP contribution in [-0.2, 0) is 15.2 Å². The quantitative estimate of drug-likeness (QED) is 0.358. The SMILES string of the molecule is Cc1cc(C2=NOC(c3cc(Cl)cc(Cl)c3)(C(F)(F)F)C2)ccc1C(=O)N(C)C(=O)OC1(C(F)(F)F)CC1. The average Bonchev–Trinajstić information content (AvgIpc) is 3.44.